The van der Waals surface area contributed by atoms with Crippen molar-refractivity contribution >= 4 is 16.9 Å². The molecule has 0 aliphatic carbocycles. The number of aryl methyl sites for hydroxylation is 1. The number of anilines is 1. The molecule has 1 N–H and O–H groups in total. The molecule has 4 rings (SSSR count). The van der Waals surface area contributed by atoms with E-state index < -0.39 is 0 Å². The molecule has 0 radical (unpaired) electrons. The molecule has 0 aromatic carbocycles. The molecule has 0 spiro atoms. The van der Waals surface area contributed by atoms with Gasteiger partial charge in [0.1, 0.15) is 5.82 Å². The third-order valence-electron chi connectivity index (χ3n) is 3.86. The molecule has 3 aromatic heterocycles. The maximum absolute atomic E-state index is 5.38. The number of pyridine rings is 1. The first-order valence-electron chi connectivity index (χ1n) is 7.27. The van der Waals surface area contributed by atoms with Crippen molar-refractivity contribution in [2.75, 3.05) is 31.2 Å². The van der Waals surface area contributed by atoms with Crippen LogP contribution in [0.4, 0.5) is 5.82 Å². The predicted octanol–water partition coefficient (Wildman–Crippen LogP) is 1.56. The Morgan fingerprint density at radius 2 is 2.05 bits per heavy atom. The number of hydrogen-bond donors (Lipinski definition) is 1. The van der Waals surface area contributed by atoms with E-state index in [1.807, 2.05) is 13.0 Å². The molecule has 0 atom stereocenters. The summed E-state index contributed by atoms with van der Waals surface area (Å²) < 4.78 is 5.38. The Morgan fingerprint density at radius 1 is 1.18 bits per heavy atom. The Kier molecular flexibility index (Phi) is 3.19. The van der Waals surface area contributed by atoms with Gasteiger partial charge in [0.05, 0.1) is 37.0 Å². The molecule has 22 heavy (non-hydrogen) atoms. The molecule has 4 heterocycles. The van der Waals surface area contributed by atoms with Crippen molar-refractivity contribution in [2.45, 2.75) is 6.92 Å². The van der Waals surface area contributed by atoms with Crippen LogP contribution in [-0.4, -0.2) is 51.5 Å². The molecule has 3 aromatic rings. The highest BCUT2D eigenvalue weighted by Crippen LogP contribution is 2.23. The summed E-state index contributed by atoms with van der Waals surface area (Å²) in [6.45, 7) is 5.11. The Hall–Kier alpha value is -2.54. The largest absolute Gasteiger partial charge is 0.378 e. The zero-order valence-corrected chi connectivity index (χ0v) is 12.3. The second kappa shape index (κ2) is 5.34. The molecule has 0 saturated carbocycles. The summed E-state index contributed by atoms with van der Waals surface area (Å²) >= 11 is 0. The van der Waals surface area contributed by atoms with Crippen LogP contribution in [0.2, 0.25) is 0 Å². The van der Waals surface area contributed by atoms with Crippen LogP contribution < -0.4 is 4.90 Å². The Labute approximate surface area is 127 Å². The van der Waals surface area contributed by atoms with Crippen LogP contribution >= 0.6 is 0 Å². The first kappa shape index (κ1) is 13.1. The molecule has 1 saturated heterocycles. The number of nitrogens with zero attached hydrogens (tertiary/aromatic N) is 5. The summed E-state index contributed by atoms with van der Waals surface area (Å²) in [6.07, 6.45) is 5.36. The van der Waals surface area contributed by atoms with Gasteiger partial charge in [0, 0.05) is 30.2 Å². The van der Waals surface area contributed by atoms with Crippen LogP contribution in [0.3, 0.4) is 0 Å². The van der Waals surface area contributed by atoms with Crippen molar-refractivity contribution < 1.29 is 4.74 Å². The highest BCUT2D eigenvalue weighted by Gasteiger charge is 2.14. The number of fused-ring (bicyclic) bond motifs is 1. The van der Waals surface area contributed by atoms with Gasteiger partial charge in [0.15, 0.2) is 5.65 Å². The molecule has 1 aliphatic heterocycles. The third kappa shape index (κ3) is 2.29. The number of rotatable bonds is 2. The second-order valence-electron chi connectivity index (χ2n) is 5.29. The predicted molar refractivity (Wildman–Crippen MR) is 82.7 cm³/mol. The van der Waals surface area contributed by atoms with Crippen molar-refractivity contribution in [2.24, 2.45) is 0 Å². The molecule has 0 amide bonds. The molecule has 0 unspecified atom stereocenters. The van der Waals surface area contributed by atoms with Crippen molar-refractivity contribution in [3.05, 3.63) is 30.4 Å². The van der Waals surface area contributed by atoms with Gasteiger partial charge in [-0.05, 0) is 13.0 Å². The van der Waals surface area contributed by atoms with Crippen molar-refractivity contribution in [1.82, 2.24) is 25.1 Å². The van der Waals surface area contributed by atoms with E-state index in [1.165, 1.54) is 0 Å². The van der Waals surface area contributed by atoms with E-state index in [-0.39, 0.29) is 0 Å². The summed E-state index contributed by atoms with van der Waals surface area (Å²) in [5.74, 6) is 0.879. The van der Waals surface area contributed by atoms with Gasteiger partial charge in [-0.25, -0.2) is 9.97 Å². The minimum absolute atomic E-state index is 0.730. The van der Waals surface area contributed by atoms with Crippen molar-refractivity contribution in [3.63, 3.8) is 0 Å². The molecule has 112 valence electrons. The minimum Gasteiger partial charge on any atom is -0.378 e. The van der Waals surface area contributed by atoms with Crippen molar-refractivity contribution in [3.8, 4) is 11.3 Å². The zero-order chi connectivity index (χ0) is 14.9. The fraction of sp³-hybridized carbons (Fsp3) is 0.333. The van der Waals surface area contributed by atoms with E-state index in [2.05, 4.69) is 25.1 Å². The number of hydrogen-bond acceptors (Lipinski definition) is 6. The normalized spacial score (nSPS) is 15.4. The molecule has 1 aliphatic rings. The highest BCUT2D eigenvalue weighted by molar-refractivity contribution is 5.82. The molecule has 7 heteroatoms. The molecule has 7 nitrogen and oxygen atoms in total. The maximum atomic E-state index is 5.38. The number of ether oxygens (including phenoxy) is 1. The van der Waals surface area contributed by atoms with Gasteiger partial charge >= 0.3 is 0 Å². The van der Waals surface area contributed by atoms with Gasteiger partial charge in [-0.15, -0.1) is 0 Å². The SMILES string of the molecule is Cc1n[nH]c2ncc(-c3cncc(N4CCOCC4)n3)cc12. The second-order valence-corrected chi connectivity index (χ2v) is 5.29. The first-order chi connectivity index (χ1) is 10.8. The maximum Gasteiger partial charge on any atom is 0.155 e. The van der Waals surface area contributed by atoms with Crippen LogP contribution in [0.15, 0.2) is 24.7 Å². The van der Waals surface area contributed by atoms with Crippen molar-refractivity contribution in [1.29, 1.82) is 0 Å². The monoisotopic (exact) mass is 296 g/mol. The van der Waals surface area contributed by atoms with Gasteiger partial charge in [0.2, 0.25) is 0 Å². The van der Waals surface area contributed by atoms with E-state index in [0.29, 0.717) is 0 Å². The number of aromatic nitrogens is 5. The smallest absolute Gasteiger partial charge is 0.155 e. The van der Waals surface area contributed by atoms with E-state index in [4.69, 9.17) is 9.72 Å². The van der Waals surface area contributed by atoms with Gasteiger partial charge in [-0.3, -0.25) is 10.1 Å². The first-order valence-corrected chi connectivity index (χ1v) is 7.27. The molecule has 1 fully saturated rings. The lowest BCUT2D eigenvalue weighted by atomic mass is 10.1. The highest BCUT2D eigenvalue weighted by atomic mass is 16.5. The minimum atomic E-state index is 0.730. The van der Waals surface area contributed by atoms with Gasteiger partial charge in [-0.2, -0.15) is 5.10 Å². The number of aromatic amines is 1. The van der Waals surface area contributed by atoms with Gasteiger partial charge < -0.3 is 9.64 Å². The molecule has 0 bridgehead atoms. The lowest BCUT2D eigenvalue weighted by Crippen LogP contribution is -2.36. The average Bonchev–Trinajstić information content (AvgIpc) is 2.96. The summed E-state index contributed by atoms with van der Waals surface area (Å²) in [5, 5.41) is 8.10. The zero-order valence-electron chi connectivity index (χ0n) is 12.3. The Morgan fingerprint density at radius 3 is 2.91 bits per heavy atom. The summed E-state index contributed by atoms with van der Waals surface area (Å²) in [4.78, 5) is 15.6. The number of nitrogens with one attached hydrogen (secondary N) is 1. The van der Waals surface area contributed by atoms with Gasteiger partial charge in [0.25, 0.3) is 0 Å². The van der Waals surface area contributed by atoms with Crippen LogP contribution in [0.25, 0.3) is 22.3 Å². The fourth-order valence-electron chi connectivity index (χ4n) is 2.61. The fourth-order valence-corrected chi connectivity index (χ4v) is 2.61. The van der Waals surface area contributed by atoms with E-state index in [9.17, 15) is 0 Å². The average molecular weight is 296 g/mol. The molecular formula is C15H16N6O. The standard InChI is InChI=1S/C15H16N6O/c1-10-12-6-11(7-17-15(12)20-19-10)13-8-16-9-14(18-13)21-2-4-22-5-3-21/h6-9H,2-5H2,1H3,(H,17,19,20). The Balaban J connectivity index is 1.72. The lowest BCUT2D eigenvalue weighted by Gasteiger charge is -2.27. The number of H-pyrrole nitrogens is 1. The molecular weight excluding hydrogens is 280 g/mol. The van der Waals surface area contributed by atoms with Crippen LogP contribution in [0.5, 0.6) is 0 Å². The van der Waals surface area contributed by atoms with Crippen LogP contribution in [0.1, 0.15) is 5.69 Å². The number of morpholine rings is 1. The summed E-state index contributed by atoms with van der Waals surface area (Å²) in [5.41, 5.74) is 3.48. The van der Waals surface area contributed by atoms with Crippen LogP contribution in [0, 0.1) is 6.92 Å². The van der Waals surface area contributed by atoms with Gasteiger partial charge in [-0.1, -0.05) is 0 Å². The lowest BCUT2D eigenvalue weighted by molar-refractivity contribution is 0.122. The quantitative estimate of drug-likeness (QED) is 0.773. The summed E-state index contributed by atoms with van der Waals surface area (Å²) in [6, 6.07) is 2.05. The Bertz CT molecular complexity index is 809. The topological polar surface area (TPSA) is 79.8 Å². The third-order valence-corrected chi connectivity index (χ3v) is 3.86. The van der Waals surface area contributed by atoms with E-state index >= 15 is 0 Å². The summed E-state index contributed by atoms with van der Waals surface area (Å²) in [7, 11) is 0. The van der Waals surface area contributed by atoms with E-state index in [0.717, 1.165) is 60.1 Å². The van der Waals surface area contributed by atoms with Crippen LogP contribution in [-0.2, 0) is 4.74 Å². The van der Waals surface area contributed by atoms with E-state index in [1.54, 1.807) is 18.6 Å².